The van der Waals surface area contributed by atoms with Gasteiger partial charge in [0.25, 0.3) is 5.91 Å². The number of amides is 1. The standard InChI is InChI=1S/C19H23ClN2O3S/c1-5-14(4)22-26(24,25)16-8-6-15(7-9-16)19(23)21-18-13(3)10-12(2)11-17(18)20/h6-11,14,22H,5H2,1-4H3,(H,21,23)/t14-/m0/s1. The van der Waals surface area contributed by atoms with Gasteiger partial charge in [0, 0.05) is 11.6 Å². The third-order valence-corrected chi connectivity index (χ3v) is 5.97. The van der Waals surface area contributed by atoms with Crippen LogP contribution in [-0.2, 0) is 10.0 Å². The number of sulfonamides is 1. The highest BCUT2D eigenvalue weighted by molar-refractivity contribution is 7.89. The molecule has 0 bridgehead atoms. The Labute approximate surface area is 159 Å². The maximum atomic E-state index is 12.5. The van der Waals surface area contributed by atoms with Crippen molar-refractivity contribution in [2.45, 2.75) is 45.1 Å². The number of benzene rings is 2. The highest BCUT2D eigenvalue weighted by atomic mass is 35.5. The van der Waals surface area contributed by atoms with Gasteiger partial charge < -0.3 is 5.32 Å². The normalized spacial score (nSPS) is 12.7. The summed E-state index contributed by atoms with van der Waals surface area (Å²) in [7, 11) is -3.59. The van der Waals surface area contributed by atoms with Crippen LogP contribution in [0.1, 0.15) is 41.8 Å². The molecule has 0 fully saturated rings. The fraction of sp³-hybridized carbons (Fsp3) is 0.316. The minimum atomic E-state index is -3.59. The van der Waals surface area contributed by atoms with Gasteiger partial charge >= 0.3 is 0 Å². The number of carbonyl (C=O) groups is 1. The third kappa shape index (κ3) is 4.84. The van der Waals surface area contributed by atoms with Gasteiger partial charge in [0.1, 0.15) is 0 Å². The molecule has 0 aliphatic carbocycles. The lowest BCUT2D eigenvalue weighted by molar-refractivity contribution is 0.102. The summed E-state index contributed by atoms with van der Waals surface area (Å²) in [6.07, 6.45) is 0.691. The first-order chi connectivity index (χ1) is 12.1. The molecule has 26 heavy (non-hydrogen) atoms. The van der Waals surface area contributed by atoms with Gasteiger partial charge in [-0.25, -0.2) is 13.1 Å². The molecule has 140 valence electrons. The summed E-state index contributed by atoms with van der Waals surface area (Å²) in [6, 6.07) is 9.36. The van der Waals surface area contributed by atoms with Crippen molar-refractivity contribution in [1.82, 2.24) is 4.72 Å². The van der Waals surface area contributed by atoms with Crippen molar-refractivity contribution in [1.29, 1.82) is 0 Å². The van der Waals surface area contributed by atoms with Crippen LogP contribution in [0.15, 0.2) is 41.3 Å². The van der Waals surface area contributed by atoms with E-state index in [1.54, 1.807) is 13.0 Å². The van der Waals surface area contributed by atoms with Crippen LogP contribution in [0.3, 0.4) is 0 Å². The zero-order chi connectivity index (χ0) is 19.5. The van der Waals surface area contributed by atoms with Crippen LogP contribution < -0.4 is 10.0 Å². The Morgan fingerprint density at radius 1 is 1.15 bits per heavy atom. The maximum absolute atomic E-state index is 12.5. The molecule has 2 rings (SSSR count). The Morgan fingerprint density at radius 3 is 2.31 bits per heavy atom. The summed E-state index contributed by atoms with van der Waals surface area (Å²) < 4.78 is 27.1. The van der Waals surface area contributed by atoms with Gasteiger partial charge in [0.15, 0.2) is 0 Å². The number of aryl methyl sites for hydroxylation is 2. The molecule has 1 amide bonds. The molecule has 5 nitrogen and oxygen atoms in total. The molecule has 7 heteroatoms. The Balaban J connectivity index is 2.20. The van der Waals surface area contributed by atoms with Gasteiger partial charge in [-0.3, -0.25) is 4.79 Å². The van der Waals surface area contributed by atoms with Gasteiger partial charge in [0.05, 0.1) is 15.6 Å². The fourth-order valence-corrected chi connectivity index (χ4v) is 4.16. The Morgan fingerprint density at radius 2 is 1.77 bits per heavy atom. The molecule has 0 saturated carbocycles. The van der Waals surface area contributed by atoms with Crippen LogP contribution in [0.5, 0.6) is 0 Å². The van der Waals surface area contributed by atoms with Crippen LogP contribution in [0.25, 0.3) is 0 Å². The predicted molar refractivity (Wildman–Crippen MR) is 105 cm³/mol. The number of halogens is 1. The molecule has 1 atom stereocenters. The first-order valence-electron chi connectivity index (χ1n) is 8.34. The van der Waals surface area contributed by atoms with E-state index < -0.39 is 10.0 Å². The average molecular weight is 395 g/mol. The molecule has 0 heterocycles. The molecule has 0 spiro atoms. The molecule has 2 aromatic rings. The van der Waals surface area contributed by atoms with Crippen LogP contribution in [0, 0.1) is 13.8 Å². The summed E-state index contributed by atoms with van der Waals surface area (Å²) in [6.45, 7) is 7.49. The van der Waals surface area contributed by atoms with Crippen molar-refractivity contribution in [3.63, 3.8) is 0 Å². The molecule has 0 saturated heterocycles. The number of nitrogens with one attached hydrogen (secondary N) is 2. The van der Waals surface area contributed by atoms with E-state index in [1.807, 2.05) is 26.8 Å². The lowest BCUT2D eigenvalue weighted by Gasteiger charge is -2.13. The minimum absolute atomic E-state index is 0.124. The second kappa shape index (κ2) is 8.20. The summed E-state index contributed by atoms with van der Waals surface area (Å²) >= 11 is 6.21. The van der Waals surface area contributed by atoms with Crippen molar-refractivity contribution < 1.29 is 13.2 Å². The summed E-state index contributed by atoms with van der Waals surface area (Å²) in [5.41, 5.74) is 2.77. The molecule has 2 N–H and O–H groups in total. The largest absolute Gasteiger partial charge is 0.320 e. The average Bonchev–Trinajstić information content (AvgIpc) is 2.57. The Bertz CT molecular complexity index is 886. The van der Waals surface area contributed by atoms with E-state index in [4.69, 9.17) is 11.6 Å². The predicted octanol–water partition coefficient (Wildman–Crippen LogP) is 4.29. The lowest BCUT2D eigenvalue weighted by atomic mass is 10.1. The van der Waals surface area contributed by atoms with Crippen molar-refractivity contribution >= 4 is 33.2 Å². The zero-order valence-corrected chi connectivity index (χ0v) is 16.8. The molecule has 0 aromatic heterocycles. The van der Waals surface area contributed by atoms with Gasteiger partial charge in [-0.15, -0.1) is 0 Å². The van der Waals surface area contributed by atoms with Crippen molar-refractivity contribution in [3.05, 3.63) is 58.1 Å². The second-order valence-electron chi connectivity index (χ2n) is 6.35. The smallest absolute Gasteiger partial charge is 0.255 e. The first kappa shape index (κ1) is 20.4. The summed E-state index contributed by atoms with van der Waals surface area (Å²) in [4.78, 5) is 12.6. The van der Waals surface area contributed by atoms with Crippen molar-refractivity contribution in [2.75, 3.05) is 5.32 Å². The number of hydrogen-bond donors (Lipinski definition) is 2. The van der Waals surface area contributed by atoms with Gasteiger partial charge in [-0.05, 0) is 68.7 Å². The van der Waals surface area contributed by atoms with Crippen molar-refractivity contribution in [3.8, 4) is 0 Å². The SMILES string of the molecule is CC[C@H](C)NS(=O)(=O)c1ccc(C(=O)Nc2c(C)cc(C)cc2Cl)cc1. The Kier molecular flexibility index (Phi) is 6.44. The molecule has 0 aliphatic heterocycles. The van der Waals surface area contributed by atoms with Crippen LogP contribution in [-0.4, -0.2) is 20.4 Å². The topological polar surface area (TPSA) is 75.3 Å². The zero-order valence-electron chi connectivity index (χ0n) is 15.3. The van der Waals surface area contributed by atoms with Crippen molar-refractivity contribution in [2.24, 2.45) is 0 Å². The van der Waals surface area contributed by atoms with Gasteiger partial charge in [-0.1, -0.05) is 24.6 Å². The number of hydrogen-bond acceptors (Lipinski definition) is 3. The van der Waals surface area contributed by atoms with E-state index in [2.05, 4.69) is 10.0 Å². The summed E-state index contributed by atoms with van der Waals surface area (Å²) in [5, 5.41) is 3.25. The maximum Gasteiger partial charge on any atom is 0.255 e. The van der Waals surface area contributed by atoms with E-state index >= 15 is 0 Å². The van der Waals surface area contributed by atoms with Gasteiger partial charge in [-0.2, -0.15) is 0 Å². The highest BCUT2D eigenvalue weighted by Crippen LogP contribution is 2.27. The molecule has 0 radical (unpaired) electrons. The van der Waals surface area contributed by atoms with E-state index in [1.165, 1.54) is 24.3 Å². The second-order valence-corrected chi connectivity index (χ2v) is 8.47. The molecular formula is C19H23ClN2O3S. The monoisotopic (exact) mass is 394 g/mol. The van der Waals surface area contributed by atoms with Gasteiger partial charge in [0.2, 0.25) is 10.0 Å². The molecular weight excluding hydrogens is 372 g/mol. The van der Waals surface area contributed by atoms with Crippen LogP contribution >= 0.6 is 11.6 Å². The lowest BCUT2D eigenvalue weighted by Crippen LogP contribution is -2.32. The fourth-order valence-electron chi connectivity index (χ4n) is 2.46. The van der Waals surface area contributed by atoms with E-state index in [9.17, 15) is 13.2 Å². The number of anilines is 1. The number of rotatable bonds is 6. The minimum Gasteiger partial charge on any atom is -0.320 e. The molecule has 0 aliphatic rings. The molecule has 2 aromatic carbocycles. The van der Waals surface area contributed by atoms with E-state index in [-0.39, 0.29) is 16.8 Å². The van der Waals surface area contributed by atoms with Crippen LogP contribution in [0.2, 0.25) is 5.02 Å². The Hall–Kier alpha value is -1.89. The van der Waals surface area contributed by atoms with E-state index in [0.29, 0.717) is 22.7 Å². The summed E-state index contributed by atoms with van der Waals surface area (Å²) in [5.74, 6) is -0.349. The highest BCUT2D eigenvalue weighted by Gasteiger charge is 2.17. The first-order valence-corrected chi connectivity index (χ1v) is 10.2. The molecule has 0 unspecified atom stereocenters. The quantitative estimate of drug-likeness (QED) is 0.767. The third-order valence-electron chi connectivity index (χ3n) is 4.07. The number of carbonyl (C=O) groups excluding carboxylic acids is 1. The van der Waals surface area contributed by atoms with Crippen LogP contribution in [0.4, 0.5) is 5.69 Å². The van der Waals surface area contributed by atoms with E-state index in [0.717, 1.165) is 11.1 Å².